The van der Waals surface area contributed by atoms with Crippen molar-refractivity contribution >= 4 is 11.2 Å². The molecule has 4 atom stereocenters. The fourth-order valence-corrected chi connectivity index (χ4v) is 3.10. The molecule has 0 spiro atoms. The summed E-state index contributed by atoms with van der Waals surface area (Å²) in [5.74, 6) is 0.516. The van der Waals surface area contributed by atoms with Crippen molar-refractivity contribution in [3.63, 3.8) is 0 Å². The molecule has 126 valence electrons. The highest BCUT2D eigenvalue weighted by Crippen LogP contribution is 2.41. The molecule has 9 heteroatoms. The van der Waals surface area contributed by atoms with Gasteiger partial charge in [-0.05, 0) is 13.0 Å². The lowest BCUT2D eigenvalue weighted by Gasteiger charge is -2.28. The van der Waals surface area contributed by atoms with Crippen molar-refractivity contribution in [2.24, 2.45) is 0 Å². The van der Waals surface area contributed by atoms with Gasteiger partial charge in [0.2, 0.25) is 0 Å². The molecule has 3 aromatic rings. The molecule has 3 aromatic heterocycles. The quantitative estimate of drug-likeness (QED) is 0.524. The second-order valence-corrected chi connectivity index (χ2v) is 6.02. The van der Waals surface area contributed by atoms with Crippen LogP contribution in [0.25, 0.3) is 22.6 Å². The SMILES string of the molecule is C[C@]1(O)C(n2c(-c3cc[nH]c3)nc3cncnc32)O[C@H](CO)[C@H]1O. The standard InChI is InChI=1S/C15H17N5O4/c1-15(23)11(22)10(6-21)24-14(15)20-12(8-2-3-16-4-8)19-9-5-17-7-18-13(9)20/h2-5,7,10-11,14,16,21-23H,6H2,1H3/t10-,11-,14?,15-/m1/s1. The number of aliphatic hydroxyl groups excluding tert-OH is 2. The molecule has 0 aliphatic carbocycles. The van der Waals surface area contributed by atoms with Crippen LogP contribution in [0.1, 0.15) is 13.2 Å². The van der Waals surface area contributed by atoms with Crippen molar-refractivity contribution in [2.45, 2.75) is 31.0 Å². The second-order valence-electron chi connectivity index (χ2n) is 6.02. The smallest absolute Gasteiger partial charge is 0.168 e. The Morgan fingerprint density at radius 1 is 1.46 bits per heavy atom. The predicted molar refractivity (Wildman–Crippen MR) is 82.7 cm³/mol. The molecule has 1 aliphatic heterocycles. The Hall–Kier alpha value is -2.33. The third-order valence-corrected chi connectivity index (χ3v) is 4.38. The monoisotopic (exact) mass is 331 g/mol. The maximum absolute atomic E-state index is 10.8. The Balaban J connectivity index is 1.94. The highest BCUT2D eigenvalue weighted by atomic mass is 16.6. The van der Waals surface area contributed by atoms with Crippen LogP contribution in [-0.4, -0.2) is 64.2 Å². The highest BCUT2D eigenvalue weighted by Gasteiger charge is 2.53. The number of H-pyrrole nitrogens is 1. The van der Waals surface area contributed by atoms with Gasteiger partial charge in [-0.1, -0.05) is 0 Å². The lowest BCUT2D eigenvalue weighted by molar-refractivity contribution is -0.0943. The summed E-state index contributed by atoms with van der Waals surface area (Å²) in [4.78, 5) is 15.7. The van der Waals surface area contributed by atoms with Crippen LogP contribution in [0.3, 0.4) is 0 Å². The lowest BCUT2D eigenvalue weighted by atomic mass is 9.96. The lowest BCUT2D eigenvalue weighted by Crippen LogP contribution is -2.44. The molecule has 0 aromatic carbocycles. The minimum absolute atomic E-state index is 0.408. The van der Waals surface area contributed by atoms with Crippen molar-refractivity contribution < 1.29 is 20.1 Å². The first-order valence-electron chi connectivity index (χ1n) is 7.52. The Bertz CT molecular complexity index is 860. The van der Waals surface area contributed by atoms with Crippen LogP contribution in [0.4, 0.5) is 0 Å². The summed E-state index contributed by atoms with van der Waals surface area (Å²) in [6, 6.07) is 1.83. The van der Waals surface area contributed by atoms with E-state index in [9.17, 15) is 15.3 Å². The van der Waals surface area contributed by atoms with Crippen molar-refractivity contribution in [1.82, 2.24) is 24.5 Å². The van der Waals surface area contributed by atoms with Gasteiger partial charge in [-0.15, -0.1) is 0 Å². The van der Waals surface area contributed by atoms with E-state index in [0.29, 0.717) is 17.0 Å². The van der Waals surface area contributed by atoms with Gasteiger partial charge in [0.25, 0.3) is 0 Å². The average molecular weight is 331 g/mol. The fraction of sp³-hybridized carbons (Fsp3) is 0.400. The number of nitrogens with one attached hydrogen (secondary N) is 1. The third-order valence-electron chi connectivity index (χ3n) is 4.38. The number of nitrogens with zero attached hydrogens (tertiary/aromatic N) is 4. The first kappa shape index (κ1) is 15.2. The molecule has 4 rings (SSSR count). The third kappa shape index (κ3) is 2.06. The molecule has 1 aliphatic rings. The zero-order valence-electron chi connectivity index (χ0n) is 12.9. The van der Waals surface area contributed by atoms with Gasteiger partial charge in [0.05, 0.1) is 12.8 Å². The van der Waals surface area contributed by atoms with Gasteiger partial charge < -0.3 is 25.0 Å². The molecule has 0 bridgehead atoms. The molecule has 4 heterocycles. The summed E-state index contributed by atoms with van der Waals surface area (Å²) in [5, 5.41) is 30.5. The first-order chi connectivity index (χ1) is 11.5. The molecular formula is C15H17N5O4. The summed E-state index contributed by atoms with van der Waals surface area (Å²) in [5.41, 5.74) is 0.151. The Morgan fingerprint density at radius 2 is 2.29 bits per heavy atom. The number of imidazole rings is 1. The highest BCUT2D eigenvalue weighted by molar-refractivity contribution is 5.76. The molecule has 0 saturated carbocycles. The van der Waals surface area contributed by atoms with Gasteiger partial charge >= 0.3 is 0 Å². The van der Waals surface area contributed by atoms with E-state index in [1.807, 2.05) is 6.07 Å². The zero-order chi connectivity index (χ0) is 16.9. The Kier molecular flexibility index (Phi) is 3.39. The van der Waals surface area contributed by atoms with Crippen LogP contribution in [0.5, 0.6) is 0 Å². The van der Waals surface area contributed by atoms with Crippen LogP contribution in [0.2, 0.25) is 0 Å². The van der Waals surface area contributed by atoms with E-state index < -0.39 is 30.6 Å². The van der Waals surface area contributed by atoms with Gasteiger partial charge in [0, 0.05) is 18.0 Å². The molecule has 24 heavy (non-hydrogen) atoms. The van der Waals surface area contributed by atoms with Crippen LogP contribution < -0.4 is 0 Å². The Morgan fingerprint density at radius 3 is 2.96 bits per heavy atom. The summed E-state index contributed by atoms with van der Waals surface area (Å²) >= 11 is 0. The van der Waals surface area contributed by atoms with E-state index in [0.717, 1.165) is 5.56 Å². The second kappa shape index (κ2) is 5.35. The van der Waals surface area contributed by atoms with Crippen LogP contribution in [0.15, 0.2) is 31.0 Å². The van der Waals surface area contributed by atoms with E-state index in [-0.39, 0.29) is 0 Å². The van der Waals surface area contributed by atoms with Crippen LogP contribution in [0, 0.1) is 0 Å². The number of rotatable bonds is 3. The van der Waals surface area contributed by atoms with Gasteiger partial charge in [-0.25, -0.2) is 15.0 Å². The average Bonchev–Trinajstić information content (AvgIpc) is 3.26. The van der Waals surface area contributed by atoms with Gasteiger partial charge in [0.1, 0.15) is 35.5 Å². The van der Waals surface area contributed by atoms with Crippen molar-refractivity contribution in [1.29, 1.82) is 0 Å². The van der Waals surface area contributed by atoms with Gasteiger partial charge in [-0.2, -0.15) is 0 Å². The number of hydrogen-bond acceptors (Lipinski definition) is 7. The summed E-state index contributed by atoms with van der Waals surface area (Å²) in [7, 11) is 0. The first-order valence-corrected chi connectivity index (χ1v) is 7.52. The van der Waals surface area contributed by atoms with Crippen molar-refractivity contribution in [3.8, 4) is 11.4 Å². The largest absolute Gasteiger partial charge is 0.394 e. The van der Waals surface area contributed by atoms with Gasteiger partial charge in [-0.3, -0.25) is 4.57 Å². The maximum atomic E-state index is 10.8. The number of aliphatic hydroxyl groups is 3. The zero-order valence-corrected chi connectivity index (χ0v) is 12.9. The van der Waals surface area contributed by atoms with Crippen molar-refractivity contribution in [3.05, 3.63) is 31.0 Å². The van der Waals surface area contributed by atoms with Crippen LogP contribution >= 0.6 is 0 Å². The topological polar surface area (TPSA) is 129 Å². The molecule has 1 unspecified atom stereocenters. The van der Waals surface area contributed by atoms with E-state index in [4.69, 9.17) is 4.74 Å². The molecule has 4 N–H and O–H groups in total. The molecule has 1 fully saturated rings. The number of aromatic amines is 1. The minimum Gasteiger partial charge on any atom is -0.394 e. The van der Waals surface area contributed by atoms with E-state index in [1.165, 1.54) is 13.3 Å². The van der Waals surface area contributed by atoms with Gasteiger partial charge in [0.15, 0.2) is 11.9 Å². The minimum atomic E-state index is -1.63. The summed E-state index contributed by atoms with van der Waals surface area (Å²) in [6.45, 7) is 1.06. The number of hydrogen-bond donors (Lipinski definition) is 4. The normalized spacial score (nSPS) is 30.2. The number of fused-ring (bicyclic) bond motifs is 1. The number of ether oxygens (including phenoxy) is 1. The molecule has 0 amide bonds. The van der Waals surface area contributed by atoms with Crippen LogP contribution in [-0.2, 0) is 4.74 Å². The van der Waals surface area contributed by atoms with E-state index in [2.05, 4.69) is 19.9 Å². The van der Waals surface area contributed by atoms with E-state index >= 15 is 0 Å². The Labute approximate surface area is 136 Å². The van der Waals surface area contributed by atoms with E-state index in [1.54, 1.807) is 23.2 Å². The molecule has 9 nitrogen and oxygen atoms in total. The predicted octanol–water partition coefficient (Wildman–Crippen LogP) is -0.177. The summed E-state index contributed by atoms with van der Waals surface area (Å²) in [6.07, 6.45) is 3.35. The molecule has 0 radical (unpaired) electrons. The van der Waals surface area contributed by atoms with Crippen molar-refractivity contribution in [2.75, 3.05) is 6.61 Å². The summed E-state index contributed by atoms with van der Waals surface area (Å²) < 4.78 is 7.36. The number of aromatic nitrogens is 5. The molecule has 1 saturated heterocycles. The maximum Gasteiger partial charge on any atom is 0.168 e. The fourth-order valence-electron chi connectivity index (χ4n) is 3.10. The molecular weight excluding hydrogens is 314 g/mol.